The van der Waals surface area contributed by atoms with Gasteiger partial charge in [-0.15, -0.1) is 0 Å². The van der Waals surface area contributed by atoms with Crippen LogP contribution in [0.4, 0.5) is 0 Å². The van der Waals surface area contributed by atoms with Crippen LogP contribution >= 0.6 is 34.8 Å². The summed E-state index contributed by atoms with van der Waals surface area (Å²) in [4.78, 5) is 28.0. The Morgan fingerprint density at radius 3 is 2.35 bits per heavy atom. The number of nitrogens with one attached hydrogen (secondary N) is 1. The molecule has 2 unspecified atom stereocenters. The maximum absolute atomic E-state index is 12.1. The third kappa shape index (κ3) is 14.9. The molecule has 0 aliphatic carbocycles. The molecule has 0 aromatic heterocycles. The van der Waals surface area contributed by atoms with Gasteiger partial charge in [-0.2, -0.15) is 0 Å². The van der Waals surface area contributed by atoms with E-state index in [9.17, 15) is 9.59 Å². The van der Waals surface area contributed by atoms with E-state index >= 15 is 0 Å². The van der Waals surface area contributed by atoms with Gasteiger partial charge in [0.15, 0.2) is 0 Å². The molecule has 1 aliphatic heterocycles. The number of hydrogen-bond donors (Lipinski definition) is 1. The zero-order valence-electron chi connectivity index (χ0n) is 15.8. The molecule has 0 bridgehead atoms. The Bertz CT molecular complexity index is 420. The fraction of sp³-hybridized carbons (Fsp3) is 0.867. The Morgan fingerprint density at radius 2 is 1.96 bits per heavy atom. The first-order chi connectivity index (χ1) is 11.4. The van der Waals surface area contributed by atoms with Gasteiger partial charge in [-0.3, -0.25) is 9.80 Å². The van der Waals surface area contributed by atoms with Crippen molar-refractivity contribution in [3.8, 4) is 0 Å². The SMILES string of the molecule is CC([N-]OC(C)(C)C)C(=O)N1CCCC(C=O)N1.COCC(Cl)(Cl)Cl.[Y]. The van der Waals surface area contributed by atoms with Crippen LogP contribution < -0.4 is 5.43 Å². The number of rotatable bonds is 5. The zero-order valence-corrected chi connectivity index (χ0v) is 20.9. The Hall–Kier alpha value is 0.954. The van der Waals surface area contributed by atoms with Crippen molar-refractivity contribution in [2.75, 3.05) is 20.3 Å². The number of ether oxygens (including phenoxy) is 1. The molecule has 1 amide bonds. The Labute approximate surface area is 195 Å². The first-order valence-corrected chi connectivity index (χ1v) is 9.00. The minimum absolute atomic E-state index is 0. The molecule has 1 rings (SSSR count). The molecule has 1 aliphatic rings. The van der Waals surface area contributed by atoms with Crippen LogP contribution in [-0.2, 0) is 51.9 Å². The van der Waals surface area contributed by atoms with E-state index in [1.54, 1.807) is 6.92 Å². The van der Waals surface area contributed by atoms with Gasteiger partial charge >= 0.3 is 0 Å². The smallest absolute Gasteiger partial charge is 0.220 e. The van der Waals surface area contributed by atoms with Crippen LogP contribution in [0.1, 0.15) is 40.5 Å². The number of halogens is 3. The average Bonchev–Trinajstić information content (AvgIpc) is 2.50. The second-order valence-corrected chi connectivity index (χ2v) is 9.05. The molecule has 1 N–H and O–H groups in total. The predicted molar refractivity (Wildman–Crippen MR) is 99.8 cm³/mol. The van der Waals surface area contributed by atoms with Crippen molar-refractivity contribution in [3.63, 3.8) is 0 Å². The van der Waals surface area contributed by atoms with Crippen LogP contribution in [0.25, 0.3) is 5.48 Å². The molecule has 0 saturated carbocycles. The predicted octanol–water partition coefficient (Wildman–Crippen LogP) is 3.17. The van der Waals surface area contributed by atoms with Crippen LogP contribution in [0, 0.1) is 0 Å². The fourth-order valence-electron chi connectivity index (χ4n) is 1.74. The third-order valence-electron chi connectivity index (χ3n) is 2.80. The van der Waals surface area contributed by atoms with Gasteiger partial charge in [-0.05, 0) is 39.7 Å². The summed E-state index contributed by atoms with van der Waals surface area (Å²) in [5.41, 5.74) is 6.38. The zero-order chi connectivity index (χ0) is 19.7. The third-order valence-corrected chi connectivity index (χ3v) is 3.13. The summed E-state index contributed by atoms with van der Waals surface area (Å²) >= 11 is 15.7. The molecule has 151 valence electrons. The molecule has 1 saturated heterocycles. The number of aldehydes is 1. The van der Waals surface area contributed by atoms with E-state index in [0.29, 0.717) is 6.54 Å². The first-order valence-electron chi connectivity index (χ1n) is 7.86. The summed E-state index contributed by atoms with van der Waals surface area (Å²) in [5.74, 6) is -0.175. The number of carbonyl (C=O) groups excluding carboxylic acids is 2. The molecule has 1 heterocycles. The van der Waals surface area contributed by atoms with E-state index in [-0.39, 0.29) is 51.3 Å². The van der Waals surface area contributed by atoms with E-state index in [1.165, 1.54) is 12.1 Å². The van der Waals surface area contributed by atoms with Crippen LogP contribution in [0.5, 0.6) is 0 Å². The quantitative estimate of drug-likeness (QED) is 0.351. The Balaban J connectivity index is 0. The Morgan fingerprint density at radius 1 is 1.38 bits per heavy atom. The number of hydroxylamine groups is 1. The second-order valence-electron chi connectivity index (χ2n) is 6.54. The molecule has 1 fully saturated rings. The Kier molecular flexibility index (Phi) is 15.7. The fourth-order valence-corrected chi connectivity index (χ4v) is 2.07. The number of methoxy groups -OCH3 is 1. The van der Waals surface area contributed by atoms with Gasteiger partial charge in [0.25, 0.3) is 0 Å². The minimum Gasteiger partial charge on any atom is -0.523 e. The van der Waals surface area contributed by atoms with Crippen molar-refractivity contribution in [1.82, 2.24) is 10.4 Å². The number of amides is 1. The van der Waals surface area contributed by atoms with Crippen LogP contribution in [0.2, 0.25) is 0 Å². The molecule has 11 heteroatoms. The summed E-state index contributed by atoms with van der Waals surface area (Å²) in [5, 5.41) is 1.46. The van der Waals surface area contributed by atoms with E-state index in [2.05, 4.69) is 15.6 Å². The summed E-state index contributed by atoms with van der Waals surface area (Å²) < 4.78 is 3.26. The van der Waals surface area contributed by atoms with Crippen molar-refractivity contribution in [2.45, 2.75) is 62.0 Å². The maximum atomic E-state index is 12.1. The van der Waals surface area contributed by atoms with E-state index in [4.69, 9.17) is 39.6 Å². The molecule has 7 nitrogen and oxygen atoms in total. The molecule has 0 aromatic carbocycles. The van der Waals surface area contributed by atoms with Crippen molar-refractivity contribution >= 4 is 47.0 Å². The molecular formula is C15H27Cl3N3O4Y-. The molecule has 1 radical (unpaired) electrons. The van der Waals surface area contributed by atoms with Crippen LogP contribution in [0.15, 0.2) is 0 Å². The average molecular weight is 509 g/mol. The van der Waals surface area contributed by atoms with Crippen LogP contribution in [0.3, 0.4) is 0 Å². The number of nitrogens with zero attached hydrogens (tertiary/aromatic N) is 2. The normalized spacial score (nSPS) is 18.9. The summed E-state index contributed by atoms with van der Waals surface area (Å²) in [6, 6.07) is -0.861. The van der Waals surface area contributed by atoms with Crippen LogP contribution in [-0.4, -0.2) is 58.9 Å². The maximum Gasteiger partial charge on any atom is 0.220 e. The topological polar surface area (TPSA) is 82.0 Å². The molecular weight excluding hydrogens is 481 g/mol. The van der Waals surface area contributed by atoms with Crippen molar-refractivity contribution in [2.24, 2.45) is 0 Å². The molecule has 0 aromatic rings. The van der Waals surface area contributed by atoms with Gasteiger partial charge in [0, 0.05) is 52.0 Å². The number of hydrazine groups is 1. The van der Waals surface area contributed by atoms with Crippen molar-refractivity contribution in [3.05, 3.63) is 5.48 Å². The largest absolute Gasteiger partial charge is 0.523 e. The van der Waals surface area contributed by atoms with Gasteiger partial charge < -0.3 is 19.8 Å². The standard InChI is InChI=1S/C12H22N3O3.C3H5Cl3O.Y/c1-9(14-18-12(2,3)4)11(17)15-7-5-6-10(8-16)13-15;1-7-2-3(4,5)6;/h8-10,13H,5-7H2,1-4H3;2H2,1H3;/q-1;;. The van der Waals surface area contributed by atoms with E-state index in [0.717, 1.165) is 19.1 Å². The van der Waals surface area contributed by atoms with E-state index < -0.39 is 15.4 Å². The molecule has 2 atom stereocenters. The van der Waals surface area contributed by atoms with Gasteiger partial charge in [-0.25, -0.2) is 5.43 Å². The minimum atomic E-state index is -1.26. The summed E-state index contributed by atoms with van der Waals surface area (Å²) in [7, 11) is 1.47. The summed E-state index contributed by atoms with van der Waals surface area (Å²) in [6.45, 7) is 8.02. The molecule has 26 heavy (non-hydrogen) atoms. The number of hydrogen-bond acceptors (Lipinski definition) is 5. The first kappa shape index (κ1) is 29.2. The van der Waals surface area contributed by atoms with Crippen molar-refractivity contribution in [1.29, 1.82) is 0 Å². The number of alkyl halides is 3. The second kappa shape index (κ2) is 14.0. The van der Waals surface area contributed by atoms with Gasteiger partial charge in [0.2, 0.25) is 9.70 Å². The van der Waals surface area contributed by atoms with Gasteiger partial charge in [0.05, 0.1) is 12.6 Å². The van der Waals surface area contributed by atoms with Crippen molar-refractivity contribution < 1.29 is 51.9 Å². The van der Waals surface area contributed by atoms with E-state index in [1.807, 2.05) is 20.8 Å². The van der Waals surface area contributed by atoms with Gasteiger partial charge in [0.1, 0.15) is 6.29 Å². The monoisotopic (exact) mass is 507 g/mol. The summed E-state index contributed by atoms with van der Waals surface area (Å²) in [6.07, 6.45) is 2.40. The number of carbonyl (C=O) groups is 2. The molecule has 0 spiro atoms. The van der Waals surface area contributed by atoms with Gasteiger partial charge in [-0.1, -0.05) is 41.7 Å².